The van der Waals surface area contributed by atoms with Crippen molar-refractivity contribution in [1.82, 2.24) is 5.32 Å². The largest absolute Gasteiger partial charge is 0.493 e. The Morgan fingerprint density at radius 3 is 2.05 bits per heavy atom. The second-order valence-electron chi connectivity index (χ2n) is 3.41. The van der Waals surface area contributed by atoms with Crippen molar-refractivity contribution in [2.45, 2.75) is 0 Å². The van der Waals surface area contributed by atoms with Crippen LogP contribution < -0.4 is 30.6 Å². The molecule has 8 heteroatoms. The fourth-order valence-corrected chi connectivity index (χ4v) is 1.44. The predicted molar refractivity (Wildman–Crippen MR) is 70.2 cm³/mol. The van der Waals surface area contributed by atoms with Gasteiger partial charge in [0, 0.05) is 12.1 Å². The number of carbonyl (C=O) groups excluding carboxylic acids is 1. The van der Waals surface area contributed by atoms with E-state index in [-0.39, 0.29) is 0 Å². The first-order valence-electron chi connectivity index (χ1n) is 5.23. The summed E-state index contributed by atoms with van der Waals surface area (Å²) in [5, 5.41) is 11.5. The highest BCUT2D eigenvalue weighted by Crippen LogP contribution is 2.39. The molecule has 0 radical (unpaired) electrons. The molecule has 1 rings (SSSR count). The van der Waals surface area contributed by atoms with E-state index in [0.29, 0.717) is 22.9 Å². The number of rotatable bonds is 4. The van der Waals surface area contributed by atoms with Gasteiger partial charge in [0.25, 0.3) is 0 Å². The number of hydrogen-bond acceptors (Lipinski definition) is 5. The summed E-state index contributed by atoms with van der Waals surface area (Å²) in [6.45, 7) is 0. The van der Waals surface area contributed by atoms with Crippen LogP contribution in [-0.2, 0) is 0 Å². The average Bonchev–Trinajstić information content (AvgIpc) is 2.36. The number of nitrogens with one attached hydrogen (secondary N) is 3. The van der Waals surface area contributed by atoms with E-state index in [1.807, 2.05) is 0 Å². The first-order chi connectivity index (χ1) is 9.01. The lowest BCUT2D eigenvalue weighted by molar-refractivity contribution is 0.256. The molecular weight excluding hydrogens is 252 g/mol. The molecule has 104 valence electrons. The lowest BCUT2D eigenvalue weighted by atomic mass is 10.2. The summed E-state index contributed by atoms with van der Waals surface area (Å²) in [6.07, 6.45) is 0. The van der Waals surface area contributed by atoms with Gasteiger partial charge in [-0.1, -0.05) is 0 Å². The van der Waals surface area contributed by atoms with Crippen molar-refractivity contribution < 1.29 is 19.0 Å². The van der Waals surface area contributed by atoms with Gasteiger partial charge in [-0.05, 0) is 0 Å². The summed E-state index contributed by atoms with van der Waals surface area (Å²) < 4.78 is 15.4. The van der Waals surface area contributed by atoms with Gasteiger partial charge in [0.05, 0.1) is 27.0 Å². The normalized spacial score (nSPS) is 9.42. The van der Waals surface area contributed by atoms with Crippen molar-refractivity contribution in [3.8, 4) is 17.2 Å². The number of carbonyl (C=O) groups is 1. The first-order valence-corrected chi connectivity index (χ1v) is 5.23. The predicted octanol–water partition coefficient (Wildman–Crippen LogP) is 0.727. The van der Waals surface area contributed by atoms with E-state index in [1.54, 1.807) is 12.1 Å². The first kappa shape index (κ1) is 14.4. The van der Waals surface area contributed by atoms with Crippen LogP contribution in [0.25, 0.3) is 0 Å². The molecule has 0 aromatic heterocycles. The third-order valence-electron chi connectivity index (χ3n) is 2.17. The zero-order valence-electron chi connectivity index (χ0n) is 10.9. The van der Waals surface area contributed by atoms with Crippen LogP contribution in [0.2, 0.25) is 0 Å². The van der Waals surface area contributed by atoms with E-state index in [1.165, 1.54) is 21.3 Å². The smallest absolute Gasteiger partial charge is 0.325 e. The monoisotopic (exact) mass is 268 g/mol. The van der Waals surface area contributed by atoms with E-state index < -0.39 is 12.0 Å². The maximum Gasteiger partial charge on any atom is 0.325 e. The molecule has 0 aliphatic rings. The van der Waals surface area contributed by atoms with Crippen molar-refractivity contribution in [2.24, 2.45) is 5.73 Å². The molecule has 1 aromatic carbocycles. The van der Waals surface area contributed by atoms with E-state index >= 15 is 0 Å². The van der Waals surface area contributed by atoms with Gasteiger partial charge < -0.3 is 25.3 Å². The number of anilines is 1. The number of amides is 2. The summed E-state index contributed by atoms with van der Waals surface area (Å²) >= 11 is 0. The van der Waals surface area contributed by atoms with E-state index in [4.69, 9.17) is 25.4 Å². The van der Waals surface area contributed by atoms with Crippen LogP contribution in [0, 0.1) is 5.41 Å². The molecule has 8 nitrogen and oxygen atoms in total. The Labute approximate surface area is 110 Å². The number of methoxy groups -OCH3 is 3. The molecule has 19 heavy (non-hydrogen) atoms. The van der Waals surface area contributed by atoms with Crippen LogP contribution in [0.4, 0.5) is 10.5 Å². The Balaban J connectivity index is 3.02. The van der Waals surface area contributed by atoms with Crippen LogP contribution >= 0.6 is 0 Å². The maximum atomic E-state index is 11.4. The van der Waals surface area contributed by atoms with E-state index in [2.05, 4.69) is 10.6 Å². The number of benzene rings is 1. The Bertz CT molecular complexity index is 465. The summed E-state index contributed by atoms with van der Waals surface area (Å²) in [5.74, 6) is 0.771. The Morgan fingerprint density at radius 1 is 1.16 bits per heavy atom. The molecule has 0 spiro atoms. The molecule has 1 aromatic rings. The number of nitrogens with two attached hydrogens (primary N) is 1. The molecular formula is C11H16N4O4. The van der Waals surface area contributed by atoms with Crippen molar-refractivity contribution in [3.05, 3.63) is 12.1 Å². The van der Waals surface area contributed by atoms with Gasteiger partial charge in [-0.25, -0.2) is 4.79 Å². The number of hydrogen-bond donors (Lipinski definition) is 4. The number of urea groups is 1. The molecule has 0 fully saturated rings. The summed E-state index contributed by atoms with van der Waals surface area (Å²) in [6, 6.07) is 2.48. The maximum absolute atomic E-state index is 11.4. The zero-order valence-corrected chi connectivity index (χ0v) is 10.9. The summed E-state index contributed by atoms with van der Waals surface area (Å²) in [7, 11) is 4.42. The third-order valence-corrected chi connectivity index (χ3v) is 2.17. The molecule has 0 bridgehead atoms. The Morgan fingerprint density at radius 2 is 1.68 bits per heavy atom. The van der Waals surface area contributed by atoms with Gasteiger partial charge in [-0.15, -0.1) is 0 Å². The van der Waals surface area contributed by atoms with Gasteiger partial charge in [-0.2, -0.15) is 0 Å². The summed E-state index contributed by atoms with van der Waals surface area (Å²) in [4.78, 5) is 11.4. The van der Waals surface area contributed by atoms with E-state index in [9.17, 15) is 4.79 Å². The van der Waals surface area contributed by atoms with Crippen molar-refractivity contribution in [2.75, 3.05) is 26.6 Å². The lowest BCUT2D eigenvalue weighted by Crippen LogP contribution is -2.38. The topological polar surface area (TPSA) is 119 Å². The third kappa shape index (κ3) is 3.66. The van der Waals surface area contributed by atoms with Gasteiger partial charge in [0.15, 0.2) is 17.5 Å². The SMILES string of the molecule is COc1cc(NC(=O)NC(=N)N)cc(OC)c1OC. The van der Waals surface area contributed by atoms with E-state index in [0.717, 1.165) is 0 Å². The Kier molecular flexibility index (Phi) is 4.81. The zero-order chi connectivity index (χ0) is 14.4. The molecule has 0 atom stereocenters. The van der Waals surface area contributed by atoms with Crippen molar-refractivity contribution >= 4 is 17.7 Å². The van der Waals surface area contributed by atoms with Crippen LogP contribution in [0.1, 0.15) is 0 Å². The second-order valence-corrected chi connectivity index (χ2v) is 3.41. The second kappa shape index (κ2) is 6.34. The Hall–Kier alpha value is -2.64. The fraction of sp³-hybridized carbons (Fsp3) is 0.273. The number of ether oxygens (including phenoxy) is 3. The standard InChI is InChI=1S/C11H16N4O4/c1-17-7-4-6(14-11(16)15-10(12)13)5-8(18-2)9(7)19-3/h4-5H,1-3H3,(H5,12,13,14,15,16). The quantitative estimate of drug-likeness (QED) is 0.474. The molecule has 5 N–H and O–H groups in total. The van der Waals surface area contributed by atoms with Gasteiger partial charge in [0.2, 0.25) is 5.75 Å². The molecule has 0 saturated carbocycles. The molecule has 0 unspecified atom stereocenters. The van der Waals surface area contributed by atoms with Gasteiger partial charge in [0.1, 0.15) is 0 Å². The molecule has 0 aliphatic heterocycles. The highest BCUT2D eigenvalue weighted by Gasteiger charge is 2.14. The van der Waals surface area contributed by atoms with Crippen LogP contribution in [0.5, 0.6) is 17.2 Å². The van der Waals surface area contributed by atoms with Crippen LogP contribution in [-0.4, -0.2) is 33.3 Å². The minimum atomic E-state index is -0.637. The minimum absolute atomic E-state index is 0.403. The van der Waals surface area contributed by atoms with Crippen molar-refractivity contribution in [3.63, 3.8) is 0 Å². The highest BCUT2D eigenvalue weighted by molar-refractivity contribution is 6.01. The molecule has 0 aliphatic carbocycles. The lowest BCUT2D eigenvalue weighted by Gasteiger charge is -2.14. The minimum Gasteiger partial charge on any atom is -0.493 e. The van der Waals surface area contributed by atoms with Crippen molar-refractivity contribution in [1.29, 1.82) is 5.41 Å². The molecule has 2 amide bonds. The molecule has 0 saturated heterocycles. The van der Waals surface area contributed by atoms with Gasteiger partial charge in [-0.3, -0.25) is 10.7 Å². The number of guanidine groups is 1. The fourth-order valence-electron chi connectivity index (χ4n) is 1.44. The van der Waals surface area contributed by atoms with Crippen LogP contribution in [0.3, 0.4) is 0 Å². The van der Waals surface area contributed by atoms with Gasteiger partial charge >= 0.3 is 6.03 Å². The van der Waals surface area contributed by atoms with Crippen LogP contribution in [0.15, 0.2) is 12.1 Å². The average molecular weight is 268 g/mol. The summed E-state index contributed by atoms with van der Waals surface area (Å²) in [5.41, 5.74) is 5.46. The molecule has 0 heterocycles. The highest BCUT2D eigenvalue weighted by atomic mass is 16.5.